The maximum Gasteiger partial charge on any atom is 0.387 e. The highest BCUT2D eigenvalue weighted by Crippen LogP contribution is 2.32. The molecule has 1 aromatic heterocycles. The molecule has 0 aliphatic heterocycles. The lowest BCUT2D eigenvalue weighted by molar-refractivity contribution is -0.0514. The number of aromatic nitrogens is 2. The number of carbonyl (C=O) groups is 1. The Bertz CT molecular complexity index is 1060. The Labute approximate surface area is 186 Å². The van der Waals surface area contributed by atoms with Crippen molar-refractivity contribution >= 4 is 34.8 Å². The number of halogens is 4. The monoisotopic (exact) mass is 471 g/mol. The summed E-state index contributed by atoms with van der Waals surface area (Å²) in [6.45, 7) is -1.04. The van der Waals surface area contributed by atoms with Gasteiger partial charge in [-0.2, -0.15) is 13.9 Å². The van der Waals surface area contributed by atoms with Crippen molar-refractivity contribution in [2.75, 3.05) is 11.9 Å². The van der Waals surface area contributed by atoms with Crippen LogP contribution < -0.4 is 19.5 Å². The lowest BCUT2D eigenvalue weighted by Crippen LogP contribution is -2.14. The molecule has 11 heteroatoms. The SMILES string of the molecule is CCOc1cc(NC(=O)c2ccn(COc3ccc(Cl)cc3Cl)n2)ccc1OC(F)F. The Hall–Kier alpha value is -3.04. The molecule has 1 N–H and O–H groups in total. The van der Waals surface area contributed by atoms with Crippen molar-refractivity contribution in [1.29, 1.82) is 0 Å². The summed E-state index contributed by atoms with van der Waals surface area (Å²) in [4.78, 5) is 12.5. The summed E-state index contributed by atoms with van der Waals surface area (Å²) >= 11 is 11.9. The number of anilines is 1. The zero-order valence-corrected chi connectivity index (χ0v) is 17.7. The van der Waals surface area contributed by atoms with Gasteiger partial charge in [0, 0.05) is 23.0 Å². The Kier molecular flexibility index (Phi) is 7.54. The molecule has 0 bridgehead atoms. The molecule has 0 radical (unpaired) electrons. The molecule has 0 aliphatic rings. The average Bonchev–Trinajstić information content (AvgIpc) is 3.18. The standard InChI is InChI=1S/C20H17Cl2F2N3O4/c1-2-29-18-10-13(4-6-17(18)31-20(23)24)25-19(28)15-7-8-27(26-15)11-30-16-5-3-12(21)9-14(16)22/h3-10,20H,2,11H2,1H3,(H,25,28). The third kappa shape index (κ3) is 6.22. The molecule has 3 rings (SSSR count). The third-order valence-electron chi connectivity index (χ3n) is 3.84. The van der Waals surface area contributed by atoms with E-state index in [1.54, 1.807) is 31.3 Å². The van der Waals surface area contributed by atoms with Crippen molar-refractivity contribution in [1.82, 2.24) is 9.78 Å². The average molecular weight is 472 g/mol. The van der Waals surface area contributed by atoms with E-state index < -0.39 is 12.5 Å². The maximum absolute atomic E-state index is 12.5. The van der Waals surface area contributed by atoms with Crippen LogP contribution in [0.1, 0.15) is 17.4 Å². The van der Waals surface area contributed by atoms with Crippen molar-refractivity contribution in [2.45, 2.75) is 20.3 Å². The van der Waals surface area contributed by atoms with Gasteiger partial charge in [-0.3, -0.25) is 4.79 Å². The van der Waals surface area contributed by atoms with Gasteiger partial charge in [-0.05, 0) is 43.3 Å². The van der Waals surface area contributed by atoms with Crippen LogP contribution in [0.3, 0.4) is 0 Å². The van der Waals surface area contributed by atoms with E-state index in [0.29, 0.717) is 21.5 Å². The van der Waals surface area contributed by atoms with Crippen molar-refractivity contribution in [3.63, 3.8) is 0 Å². The molecule has 0 fully saturated rings. The Morgan fingerprint density at radius 2 is 1.87 bits per heavy atom. The van der Waals surface area contributed by atoms with Gasteiger partial charge in [0.05, 0.1) is 11.6 Å². The van der Waals surface area contributed by atoms with Gasteiger partial charge in [-0.1, -0.05) is 23.2 Å². The summed E-state index contributed by atoms with van der Waals surface area (Å²) in [5, 5.41) is 7.60. The molecule has 3 aromatic rings. The van der Waals surface area contributed by atoms with E-state index in [1.165, 1.54) is 28.9 Å². The van der Waals surface area contributed by atoms with Gasteiger partial charge in [0.15, 0.2) is 23.9 Å². The van der Waals surface area contributed by atoms with E-state index in [4.69, 9.17) is 32.7 Å². The number of benzene rings is 2. The first-order valence-electron chi connectivity index (χ1n) is 9.00. The van der Waals surface area contributed by atoms with Crippen molar-refractivity contribution < 1.29 is 27.8 Å². The molecule has 164 valence electrons. The minimum atomic E-state index is -2.99. The van der Waals surface area contributed by atoms with E-state index in [9.17, 15) is 13.6 Å². The first-order valence-corrected chi connectivity index (χ1v) is 9.75. The number of carbonyl (C=O) groups excluding carboxylic acids is 1. The fraction of sp³-hybridized carbons (Fsp3) is 0.200. The van der Waals surface area contributed by atoms with Crippen LogP contribution in [-0.4, -0.2) is 28.9 Å². The van der Waals surface area contributed by atoms with Gasteiger partial charge < -0.3 is 19.5 Å². The number of alkyl halides is 2. The second-order valence-electron chi connectivity index (χ2n) is 6.02. The highest BCUT2D eigenvalue weighted by atomic mass is 35.5. The molecule has 0 saturated heterocycles. The molecular formula is C20H17Cl2F2N3O4. The Morgan fingerprint density at radius 1 is 1.10 bits per heavy atom. The Morgan fingerprint density at radius 3 is 2.58 bits per heavy atom. The van der Waals surface area contributed by atoms with Crippen LogP contribution in [0.15, 0.2) is 48.7 Å². The molecule has 2 aromatic carbocycles. The molecule has 0 unspecified atom stereocenters. The highest BCUT2D eigenvalue weighted by Gasteiger charge is 2.15. The summed E-state index contributed by atoms with van der Waals surface area (Å²) in [5.41, 5.74) is 0.450. The van der Waals surface area contributed by atoms with Crippen molar-refractivity contribution in [3.05, 3.63) is 64.4 Å². The summed E-state index contributed by atoms with van der Waals surface area (Å²) in [7, 11) is 0. The van der Waals surface area contributed by atoms with Crippen molar-refractivity contribution in [2.24, 2.45) is 0 Å². The number of nitrogens with one attached hydrogen (secondary N) is 1. The number of amides is 1. The zero-order chi connectivity index (χ0) is 22.4. The second-order valence-corrected chi connectivity index (χ2v) is 6.86. The fourth-order valence-corrected chi connectivity index (χ4v) is 2.99. The molecule has 0 saturated carbocycles. The van der Waals surface area contributed by atoms with Crippen LogP contribution in [0.25, 0.3) is 0 Å². The first-order chi connectivity index (χ1) is 14.9. The van der Waals surface area contributed by atoms with Crippen LogP contribution in [0.2, 0.25) is 10.0 Å². The maximum atomic E-state index is 12.5. The lowest BCUT2D eigenvalue weighted by atomic mass is 10.2. The second kappa shape index (κ2) is 10.3. The summed E-state index contributed by atoms with van der Waals surface area (Å²) in [6.07, 6.45) is 1.56. The molecular weight excluding hydrogens is 455 g/mol. The number of ether oxygens (including phenoxy) is 3. The molecule has 31 heavy (non-hydrogen) atoms. The van der Waals surface area contributed by atoms with E-state index >= 15 is 0 Å². The summed E-state index contributed by atoms with van der Waals surface area (Å²) < 4.78 is 41.7. The normalized spacial score (nSPS) is 10.8. The molecule has 1 heterocycles. The molecule has 1 amide bonds. The molecule has 0 aliphatic carbocycles. The summed E-state index contributed by atoms with van der Waals surface area (Å²) in [5.74, 6) is -0.133. The molecule has 0 atom stereocenters. The highest BCUT2D eigenvalue weighted by molar-refractivity contribution is 6.35. The minimum Gasteiger partial charge on any atom is -0.490 e. The number of nitrogens with zero attached hydrogens (tertiary/aromatic N) is 2. The predicted molar refractivity (Wildman–Crippen MR) is 112 cm³/mol. The van der Waals surface area contributed by atoms with Gasteiger partial charge >= 0.3 is 6.61 Å². The van der Waals surface area contributed by atoms with Gasteiger partial charge in [0.25, 0.3) is 5.91 Å². The molecule has 7 nitrogen and oxygen atoms in total. The van der Waals surface area contributed by atoms with Crippen LogP contribution in [0, 0.1) is 0 Å². The predicted octanol–water partition coefficient (Wildman–Crippen LogP) is 5.48. The van der Waals surface area contributed by atoms with Crippen molar-refractivity contribution in [3.8, 4) is 17.2 Å². The smallest absolute Gasteiger partial charge is 0.387 e. The van der Waals surface area contributed by atoms with Crippen LogP contribution in [0.4, 0.5) is 14.5 Å². The van der Waals surface area contributed by atoms with E-state index in [0.717, 1.165) is 0 Å². The van der Waals surface area contributed by atoms with Gasteiger partial charge in [0.1, 0.15) is 5.75 Å². The topological polar surface area (TPSA) is 74.6 Å². The van der Waals surface area contributed by atoms with E-state index in [2.05, 4.69) is 15.2 Å². The van der Waals surface area contributed by atoms with Gasteiger partial charge in [-0.25, -0.2) is 4.68 Å². The number of rotatable bonds is 9. The van der Waals surface area contributed by atoms with E-state index in [1.807, 2.05) is 0 Å². The largest absolute Gasteiger partial charge is 0.490 e. The first kappa shape index (κ1) is 22.6. The van der Waals surface area contributed by atoms with Gasteiger partial charge in [0.2, 0.25) is 0 Å². The van der Waals surface area contributed by atoms with Crippen LogP contribution in [0.5, 0.6) is 17.2 Å². The fourth-order valence-electron chi connectivity index (χ4n) is 2.53. The van der Waals surface area contributed by atoms with Crippen LogP contribution in [-0.2, 0) is 6.73 Å². The van der Waals surface area contributed by atoms with E-state index in [-0.39, 0.29) is 30.5 Å². The van der Waals surface area contributed by atoms with Gasteiger partial charge in [-0.15, -0.1) is 0 Å². The zero-order valence-electron chi connectivity index (χ0n) is 16.1. The minimum absolute atomic E-state index is 0.0167. The number of hydrogen-bond donors (Lipinski definition) is 1. The summed E-state index contributed by atoms with van der Waals surface area (Å²) in [6, 6.07) is 10.4. The Balaban J connectivity index is 1.64. The quantitative estimate of drug-likeness (QED) is 0.447. The van der Waals surface area contributed by atoms with Crippen LogP contribution >= 0.6 is 23.2 Å². The number of hydrogen-bond acceptors (Lipinski definition) is 5. The molecule has 0 spiro atoms. The lowest BCUT2D eigenvalue weighted by Gasteiger charge is -2.13. The third-order valence-corrected chi connectivity index (χ3v) is 4.37.